The molecule has 3 fully saturated rings. The molecule has 0 amide bonds. The van der Waals surface area contributed by atoms with Crippen LogP contribution in [0.2, 0.25) is 0 Å². The van der Waals surface area contributed by atoms with Gasteiger partial charge in [0.15, 0.2) is 6.17 Å². The Morgan fingerprint density at radius 3 is 2.82 bits per heavy atom. The second kappa shape index (κ2) is 1.76. The van der Waals surface area contributed by atoms with Crippen LogP contribution in [0.4, 0.5) is 4.39 Å². The van der Waals surface area contributed by atoms with Crippen molar-refractivity contribution >= 4 is 0 Å². The van der Waals surface area contributed by atoms with Crippen molar-refractivity contribution < 1.29 is 18.9 Å². The van der Waals surface area contributed by atoms with E-state index in [1.807, 2.05) is 0 Å². The van der Waals surface area contributed by atoms with Crippen molar-refractivity contribution in [3.8, 4) is 0 Å². The zero-order chi connectivity index (χ0) is 7.47. The smallest absolute Gasteiger partial charge is 0.269 e. The molecule has 11 heavy (non-hydrogen) atoms. The highest BCUT2D eigenvalue weighted by atomic mass is 19.1. The molecule has 0 aromatic rings. The Hall–Kier alpha value is -0.190. The van der Waals surface area contributed by atoms with E-state index in [0.717, 1.165) is 12.8 Å². The first-order chi connectivity index (χ1) is 5.30. The monoisotopic (exact) mass is 160 g/mol. The van der Waals surface area contributed by atoms with Gasteiger partial charge in [0, 0.05) is 6.42 Å². The van der Waals surface area contributed by atoms with Gasteiger partial charge in [-0.2, -0.15) is 9.78 Å². The molecule has 0 aliphatic carbocycles. The fraction of sp³-hybridized carbons (Fsp3) is 1.00. The molecular weight excluding hydrogens is 151 g/mol. The Balaban J connectivity index is 1.90. The summed E-state index contributed by atoms with van der Waals surface area (Å²) in [5.74, 6) is -0.899. The highest BCUT2D eigenvalue weighted by Gasteiger charge is 2.65. The molecule has 3 rings (SSSR count). The summed E-state index contributed by atoms with van der Waals surface area (Å²) in [5, 5.41) is 0. The van der Waals surface area contributed by atoms with Crippen molar-refractivity contribution in [3.05, 3.63) is 0 Å². The fourth-order valence-electron chi connectivity index (χ4n) is 2.03. The topological polar surface area (TPSA) is 34.3 Å². The van der Waals surface area contributed by atoms with Crippen molar-refractivity contribution in [3.63, 3.8) is 0 Å². The first-order valence-corrected chi connectivity index (χ1v) is 3.96. The number of fused-ring (bicyclic) bond motifs is 2. The van der Waals surface area contributed by atoms with Gasteiger partial charge in [-0.15, -0.1) is 0 Å². The lowest BCUT2D eigenvalue weighted by Crippen LogP contribution is -2.43. The minimum absolute atomic E-state index is 0.162. The maximum atomic E-state index is 13.3. The van der Waals surface area contributed by atoms with E-state index >= 15 is 0 Å². The third kappa shape index (κ3) is 0.721. The molecule has 0 radical (unpaired) electrons. The van der Waals surface area contributed by atoms with E-state index in [-0.39, 0.29) is 12.2 Å². The lowest BCUT2D eigenvalue weighted by Gasteiger charge is -2.26. The number of ether oxygens (including phenoxy) is 1. The SMILES string of the molecule is F[C@@H]1[C@H]2CC[C@H](CC13OO3)O2. The van der Waals surface area contributed by atoms with Crippen LogP contribution in [-0.4, -0.2) is 24.2 Å². The molecule has 62 valence electrons. The molecule has 0 unspecified atom stereocenters. The lowest BCUT2D eigenvalue weighted by molar-refractivity contribution is -0.0892. The Bertz CT molecular complexity index is 192. The molecule has 3 atom stereocenters. The van der Waals surface area contributed by atoms with Crippen molar-refractivity contribution in [1.82, 2.24) is 0 Å². The summed E-state index contributed by atoms with van der Waals surface area (Å²) in [5.41, 5.74) is 0. The van der Waals surface area contributed by atoms with Crippen LogP contribution in [0.1, 0.15) is 19.3 Å². The van der Waals surface area contributed by atoms with Crippen molar-refractivity contribution in [2.24, 2.45) is 0 Å². The number of halogens is 1. The van der Waals surface area contributed by atoms with Crippen LogP contribution in [0.3, 0.4) is 0 Å². The van der Waals surface area contributed by atoms with Gasteiger partial charge in [0.25, 0.3) is 5.79 Å². The molecule has 1 spiro atoms. The zero-order valence-corrected chi connectivity index (χ0v) is 5.96. The van der Waals surface area contributed by atoms with E-state index in [0.29, 0.717) is 6.42 Å². The van der Waals surface area contributed by atoms with Gasteiger partial charge in [0.2, 0.25) is 0 Å². The summed E-state index contributed by atoms with van der Waals surface area (Å²) in [6, 6.07) is 0. The number of rotatable bonds is 0. The highest BCUT2D eigenvalue weighted by Crippen LogP contribution is 2.50. The van der Waals surface area contributed by atoms with Gasteiger partial charge in [-0.3, -0.25) is 0 Å². The lowest BCUT2D eigenvalue weighted by atomic mass is 10.0. The van der Waals surface area contributed by atoms with Crippen LogP contribution >= 0.6 is 0 Å². The molecule has 0 N–H and O–H groups in total. The van der Waals surface area contributed by atoms with Crippen LogP contribution < -0.4 is 0 Å². The molecule has 3 aliphatic heterocycles. The van der Waals surface area contributed by atoms with Gasteiger partial charge in [0.1, 0.15) is 0 Å². The van der Waals surface area contributed by atoms with Crippen LogP contribution in [0, 0.1) is 0 Å². The third-order valence-electron chi connectivity index (χ3n) is 2.70. The number of alkyl halides is 1. The predicted molar refractivity (Wildman–Crippen MR) is 32.3 cm³/mol. The van der Waals surface area contributed by atoms with Crippen molar-refractivity contribution in [2.75, 3.05) is 0 Å². The summed E-state index contributed by atoms with van der Waals surface area (Å²) in [4.78, 5) is 9.35. The summed E-state index contributed by atoms with van der Waals surface area (Å²) in [6.07, 6.45) is 1.11. The van der Waals surface area contributed by atoms with Gasteiger partial charge in [-0.1, -0.05) is 0 Å². The molecular formula is C7H9FO3. The molecule has 3 saturated heterocycles. The Kier molecular flexibility index (Phi) is 1.01. The normalized spacial score (nSPS) is 51.5. The second-order valence-electron chi connectivity index (χ2n) is 3.46. The largest absolute Gasteiger partial charge is 0.372 e. The maximum absolute atomic E-state index is 13.3. The Morgan fingerprint density at radius 2 is 2.09 bits per heavy atom. The summed E-state index contributed by atoms with van der Waals surface area (Å²) >= 11 is 0. The van der Waals surface area contributed by atoms with Gasteiger partial charge in [0.05, 0.1) is 12.2 Å². The maximum Gasteiger partial charge on any atom is 0.269 e. The minimum Gasteiger partial charge on any atom is -0.372 e. The molecule has 0 aromatic carbocycles. The molecule has 3 heterocycles. The van der Waals surface area contributed by atoms with Crippen LogP contribution in [0.15, 0.2) is 0 Å². The van der Waals surface area contributed by atoms with E-state index in [4.69, 9.17) is 4.74 Å². The molecule has 3 aliphatic rings. The Morgan fingerprint density at radius 1 is 1.27 bits per heavy atom. The van der Waals surface area contributed by atoms with Crippen molar-refractivity contribution in [1.29, 1.82) is 0 Å². The zero-order valence-electron chi connectivity index (χ0n) is 5.96. The van der Waals surface area contributed by atoms with E-state index in [1.54, 1.807) is 0 Å². The van der Waals surface area contributed by atoms with Gasteiger partial charge in [-0.05, 0) is 12.8 Å². The predicted octanol–water partition coefficient (Wildman–Crippen LogP) is 0.934. The Labute approximate surface area is 63.3 Å². The van der Waals surface area contributed by atoms with Crippen LogP contribution in [0.25, 0.3) is 0 Å². The molecule has 0 aromatic heterocycles. The van der Waals surface area contributed by atoms with E-state index in [2.05, 4.69) is 9.78 Å². The summed E-state index contributed by atoms with van der Waals surface area (Å²) < 4.78 is 18.7. The average Bonchev–Trinajstić information content (AvgIpc) is 2.62. The number of hydrogen-bond donors (Lipinski definition) is 0. The van der Waals surface area contributed by atoms with Crippen molar-refractivity contribution in [2.45, 2.75) is 43.4 Å². The standard InChI is InChI=1S/C7H9FO3/c8-6-5-2-1-4(9-5)3-7(6)10-11-7/h4-6H,1-3H2/t4-,5-,6-/m1/s1. The quantitative estimate of drug-likeness (QED) is 0.390. The van der Waals surface area contributed by atoms with E-state index < -0.39 is 12.0 Å². The molecule has 0 saturated carbocycles. The summed E-state index contributed by atoms with van der Waals surface area (Å²) in [7, 11) is 0. The summed E-state index contributed by atoms with van der Waals surface area (Å²) in [6.45, 7) is 0. The minimum atomic E-state index is -1.08. The molecule has 4 heteroatoms. The molecule has 3 nitrogen and oxygen atoms in total. The van der Waals surface area contributed by atoms with E-state index in [1.165, 1.54) is 0 Å². The second-order valence-corrected chi connectivity index (χ2v) is 3.46. The third-order valence-corrected chi connectivity index (χ3v) is 2.70. The number of hydrogen-bond acceptors (Lipinski definition) is 3. The first-order valence-electron chi connectivity index (χ1n) is 3.96. The first kappa shape index (κ1) is 6.34. The van der Waals surface area contributed by atoms with Crippen LogP contribution in [0.5, 0.6) is 0 Å². The van der Waals surface area contributed by atoms with Crippen LogP contribution in [-0.2, 0) is 14.5 Å². The van der Waals surface area contributed by atoms with Gasteiger partial charge in [-0.25, -0.2) is 4.39 Å². The molecule has 2 bridgehead atoms. The van der Waals surface area contributed by atoms with E-state index in [9.17, 15) is 4.39 Å². The highest BCUT2D eigenvalue weighted by molar-refractivity contribution is 4.99. The van der Waals surface area contributed by atoms with Gasteiger partial charge >= 0.3 is 0 Å². The average molecular weight is 160 g/mol. The van der Waals surface area contributed by atoms with Gasteiger partial charge < -0.3 is 4.74 Å². The fourth-order valence-corrected chi connectivity index (χ4v) is 2.03.